The smallest absolute Gasteiger partial charge is 0.262 e. The number of aryl methyl sites for hydroxylation is 2. The quantitative estimate of drug-likeness (QED) is 0.559. The predicted octanol–water partition coefficient (Wildman–Crippen LogP) is 3.68. The summed E-state index contributed by atoms with van der Waals surface area (Å²) in [4.78, 5) is 4.20. The third-order valence-corrected chi connectivity index (χ3v) is 7.33. The van der Waals surface area contributed by atoms with Crippen molar-refractivity contribution in [3.05, 3.63) is 76.2 Å². The lowest BCUT2D eigenvalue weighted by Gasteiger charge is -2.18. The van der Waals surface area contributed by atoms with Gasteiger partial charge in [0.2, 0.25) is 0 Å². The molecule has 0 bridgehead atoms. The van der Waals surface area contributed by atoms with E-state index in [1.807, 2.05) is 42.5 Å². The third-order valence-electron chi connectivity index (χ3n) is 5.24. The Morgan fingerprint density at radius 2 is 2.00 bits per heavy atom. The van der Waals surface area contributed by atoms with Gasteiger partial charge in [-0.2, -0.15) is 4.31 Å². The molecule has 0 atom stereocenters. The zero-order valence-corrected chi connectivity index (χ0v) is 19.0. The summed E-state index contributed by atoms with van der Waals surface area (Å²) in [5.41, 5.74) is 2.65. The molecule has 7 nitrogen and oxygen atoms in total. The average molecular weight is 462 g/mol. The molecule has 2 aromatic carbocycles. The molecule has 4 rings (SSSR count). The molecule has 0 amide bonds. The molecule has 2 heterocycles. The minimum atomic E-state index is -3.72. The lowest BCUT2D eigenvalue weighted by molar-refractivity contribution is 0.107. The molecule has 3 aromatic rings. The van der Waals surface area contributed by atoms with Crippen molar-refractivity contribution in [1.82, 2.24) is 13.9 Å². The molecular weight excluding hydrogens is 438 g/mol. The highest BCUT2D eigenvalue weighted by Gasteiger charge is 2.30. The maximum atomic E-state index is 13.1. The van der Waals surface area contributed by atoms with Crippen molar-refractivity contribution in [3.8, 4) is 5.75 Å². The number of fused-ring (bicyclic) bond motifs is 1. The van der Waals surface area contributed by atoms with Gasteiger partial charge in [0.1, 0.15) is 18.2 Å². The summed E-state index contributed by atoms with van der Waals surface area (Å²) in [5.74, 6) is 1.33. The van der Waals surface area contributed by atoms with Crippen LogP contribution in [0.4, 0.5) is 0 Å². The minimum Gasteiger partial charge on any atom is -0.492 e. The van der Waals surface area contributed by atoms with Crippen molar-refractivity contribution >= 4 is 21.6 Å². The van der Waals surface area contributed by atoms with Crippen molar-refractivity contribution in [2.75, 3.05) is 13.2 Å². The van der Waals surface area contributed by atoms with Gasteiger partial charge in [-0.15, -0.1) is 0 Å². The Balaban J connectivity index is 1.49. The van der Waals surface area contributed by atoms with Gasteiger partial charge >= 0.3 is 0 Å². The van der Waals surface area contributed by atoms with Gasteiger partial charge in [-0.1, -0.05) is 35.9 Å². The molecule has 1 aromatic heterocycles. The Morgan fingerprint density at radius 3 is 2.74 bits per heavy atom. The topological polar surface area (TPSA) is 73.7 Å². The molecule has 0 N–H and O–H groups in total. The number of hydrogen-bond acceptors (Lipinski definition) is 5. The van der Waals surface area contributed by atoms with Gasteiger partial charge in [0, 0.05) is 36.9 Å². The van der Waals surface area contributed by atoms with Crippen LogP contribution in [0.5, 0.6) is 5.75 Å². The normalized spacial score (nSPS) is 14.7. The first-order chi connectivity index (χ1) is 14.8. The summed E-state index contributed by atoms with van der Waals surface area (Å²) < 4.78 is 41.0. The van der Waals surface area contributed by atoms with Gasteiger partial charge in [-0.05, 0) is 36.2 Å². The first-order valence-electron chi connectivity index (χ1n) is 9.90. The van der Waals surface area contributed by atoms with E-state index in [1.165, 1.54) is 10.5 Å². The minimum absolute atomic E-state index is 0.0511. The highest BCUT2D eigenvalue weighted by molar-refractivity contribution is 7.89. The molecule has 0 saturated carbocycles. The molecule has 1 aliphatic rings. The monoisotopic (exact) mass is 461 g/mol. The van der Waals surface area contributed by atoms with E-state index < -0.39 is 10.0 Å². The van der Waals surface area contributed by atoms with E-state index in [1.54, 1.807) is 18.5 Å². The Morgan fingerprint density at radius 1 is 1.19 bits per heavy atom. The van der Waals surface area contributed by atoms with Crippen LogP contribution in [0.25, 0.3) is 0 Å². The number of imidazole rings is 1. The fourth-order valence-electron chi connectivity index (χ4n) is 3.40. The Hall–Kier alpha value is -2.39. The van der Waals surface area contributed by atoms with Crippen LogP contribution in [0.15, 0.2) is 53.7 Å². The van der Waals surface area contributed by atoms with Crippen molar-refractivity contribution in [2.24, 2.45) is 7.05 Å². The van der Waals surface area contributed by atoms with E-state index in [2.05, 4.69) is 4.98 Å². The molecule has 9 heteroatoms. The second kappa shape index (κ2) is 9.00. The predicted molar refractivity (Wildman–Crippen MR) is 117 cm³/mol. The van der Waals surface area contributed by atoms with Crippen LogP contribution < -0.4 is 4.74 Å². The van der Waals surface area contributed by atoms with Gasteiger partial charge < -0.3 is 14.0 Å². The Kier molecular flexibility index (Phi) is 6.34. The molecule has 0 spiro atoms. The number of halogens is 1. The lowest BCUT2D eigenvalue weighted by Crippen LogP contribution is -2.32. The molecule has 0 fully saturated rings. The van der Waals surface area contributed by atoms with E-state index in [0.29, 0.717) is 29.8 Å². The zero-order valence-electron chi connectivity index (χ0n) is 17.4. The second-order valence-corrected chi connectivity index (χ2v) is 9.74. The number of hydrogen-bond donors (Lipinski definition) is 0. The van der Waals surface area contributed by atoms with Crippen LogP contribution >= 0.6 is 11.6 Å². The summed E-state index contributed by atoms with van der Waals surface area (Å²) in [7, 11) is -1.95. The first kappa shape index (κ1) is 21.8. The summed E-state index contributed by atoms with van der Waals surface area (Å²) in [6.45, 7) is 3.29. The molecule has 31 heavy (non-hydrogen) atoms. The number of aromatic nitrogens is 2. The Labute approximate surface area is 187 Å². The van der Waals surface area contributed by atoms with Gasteiger partial charge in [0.25, 0.3) is 10.0 Å². The molecule has 0 saturated heterocycles. The average Bonchev–Trinajstić information content (AvgIpc) is 2.96. The Bertz CT molecular complexity index is 1170. The molecule has 0 unspecified atom stereocenters. The van der Waals surface area contributed by atoms with E-state index in [-0.39, 0.29) is 24.7 Å². The van der Waals surface area contributed by atoms with E-state index in [4.69, 9.17) is 21.1 Å². The van der Waals surface area contributed by atoms with Crippen molar-refractivity contribution in [3.63, 3.8) is 0 Å². The van der Waals surface area contributed by atoms with Crippen molar-refractivity contribution < 1.29 is 17.9 Å². The van der Waals surface area contributed by atoms with Crippen LogP contribution in [0.2, 0.25) is 5.02 Å². The molecular formula is C22H24ClN3O4S. The van der Waals surface area contributed by atoms with Crippen LogP contribution in [-0.4, -0.2) is 35.4 Å². The van der Waals surface area contributed by atoms with Gasteiger partial charge in [0.15, 0.2) is 5.03 Å². The van der Waals surface area contributed by atoms with Gasteiger partial charge in [-0.3, -0.25) is 0 Å². The number of sulfonamides is 1. The number of nitrogens with zero attached hydrogens (tertiary/aromatic N) is 3. The maximum Gasteiger partial charge on any atom is 0.262 e. The first-order valence-corrected chi connectivity index (χ1v) is 11.7. The summed E-state index contributed by atoms with van der Waals surface area (Å²) >= 11 is 6.17. The highest BCUT2D eigenvalue weighted by Crippen LogP contribution is 2.28. The van der Waals surface area contributed by atoms with E-state index >= 15 is 0 Å². The maximum absolute atomic E-state index is 13.1. The molecule has 0 aliphatic carbocycles. The van der Waals surface area contributed by atoms with Gasteiger partial charge in [0.05, 0.1) is 13.2 Å². The zero-order chi connectivity index (χ0) is 22.0. The van der Waals surface area contributed by atoms with E-state index in [9.17, 15) is 8.42 Å². The van der Waals surface area contributed by atoms with Crippen LogP contribution in [0.3, 0.4) is 0 Å². The van der Waals surface area contributed by atoms with Crippen LogP contribution in [-0.2, 0) is 41.6 Å². The summed E-state index contributed by atoms with van der Waals surface area (Å²) in [6.07, 6.45) is 1.54. The standard InChI is InChI=1S/C22H24ClN3O4S/c1-16-24-22(13-25(16)2)31(27,28)26-9-10-30-21-8-7-17(11-19(21)12-26)14-29-15-18-5-3-4-6-20(18)23/h3-8,11,13H,9-10,12,14-15H2,1-2H3. The number of ether oxygens (including phenoxy) is 2. The number of benzene rings is 2. The van der Waals surface area contributed by atoms with Gasteiger partial charge in [-0.25, -0.2) is 13.4 Å². The molecule has 164 valence electrons. The van der Waals surface area contributed by atoms with Crippen LogP contribution in [0, 0.1) is 6.92 Å². The summed E-state index contributed by atoms with van der Waals surface area (Å²) in [5, 5.41) is 0.721. The van der Waals surface area contributed by atoms with E-state index in [0.717, 1.165) is 16.7 Å². The largest absolute Gasteiger partial charge is 0.492 e. The van der Waals surface area contributed by atoms with Crippen molar-refractivity contribution in [2.45, 2.75) is 31.7 Å². The number of rotatable bonds is 6. The van der Waals surface area contributed by atoms with Crippen molar-refractivity contribution in [1.29, 1.82) is 0 Å². The van der Waals surface area contributed by atoms with Crippen LogP contribution in [0.1, 0.15) is 22.5 Å². The SMILES string of the molecule is Cc1nc(S(=O)(=O)N2CCOc3ccc(COCc4ccccc4Cl)cc3C2)cn1C. The lowest BCUT2D eigenvalue weighted by atomic mass is 10.1. The summed E-state index contributed by atoms with van der Waals surface area (Å²) in [6, 6.07) is 13.3. The molecule has 1 aliphatic heterocycles. The highest BCUT2D eigenvalue weighted by atomic mass is 35.5. The fourth-order valence-corrected chi connectivity index (χ4v) is 5.01. The fraction of sp³-hybridized carbons (Fsp3) is 0.318. The molecule has 0 radical (unpaired) electrons. The third kappa shape index (κ3) is 4.77. The second-order valence-electron chi connectivity index (χ2n) is 7.45.